The van der Waals surface area contributed by atoms with Crippen molar-refractivity contribution in [2.75, 3.05) is 40.4 Å². The van der Waals surface area contributed by atoms with Gasteiger partial charge in [-0.05, 0) is 14.0 Å². The Labute approximate surface area is 96.7 Å². The third-order valence-electron chi connectivity index (χ3n) is 3.20. The first-order valence-corrected chi connectivity index (χ1v) is 5.53. The molecule has 1 aliphatic heterocycles. The lowest BCUT2D eigenvalue weighted by Gasteiger charge is -2.40. The molecule has 1 fully saturated rings. The van der Waals surface area contributed by atoms with Crippen LogP contribution >= 0.6 is 0 Å². The van der Waals surface area contributed by atoms with Crippen molar-refractivity contribution in [3.05, 3.63) is 0 Å². The summed E-state index contributed by atoms with van der Waals surface area (Å²) in [6.45, 7) is 5.20. The second kappa shape index (κ2) is 6.15. The van der Waals surface area contributed by atoms with Crippen LogP contribution in [0.5, 0.6) is 0 Å². The molecule has 0 aromatic carbocycles. The van der Waals surface area contributed by atoms with Gasteiger partial charge in [-0.3, -0.25) is 15.1 Å². The first kappa shape index (κ1) is 13.4. The Bertz CT molecular complexity index is 237. The second-order valence-corrected chi connectivity index (χ2v) is 4.30. The summed E-state index contributed by atoms with van der Waals surface area (Å²) in [6.07, 6.45) is 0. The molecule has 6 nitrogen and oxygen atoms in total. The maximum atomic E-state index is 11.6. The van der Waals surface area contributed by atoms with Crippen molar-refractivity contribution in [2.45, 2.75) is 19.0 Å². The highest BCUT2D eigenvalue weighted by molar-refractivity contribution is 5.81. The lowest BCUT2D eigenvalue weighted by atomic mass is 10.1. The normalized spacial score (nSPS) is 25.4. The lowest BCUT2D eigenvalue weighted by molar-refractivity contribution is -0.129. The van der Waals surface area contributed by atoms with E-state index >= 15 is 0 Å². The molecule has 0 aromatic rings. The summed E-state index contributed by atoms with van der Waals surface area (Å²) in [5, 5.41) is 0. The number of hydrogen-bond donors (Lipinski definition) is 2. The molecule has 1 saturated heterocycles. The van der Waals surface area contributed by atoms with Crippen LogP contribution in [0, 0.1) is 0 Å². The molecular weight excluding hydrogens is 208 g/mol. The number of carbonyl (C=O) groups is 1. The molecule has 16 heavy (non-hydrogen) atoms. The van der Waals surface area contributed by atoms with Crippen LogP contribution < -0.4 is 11.3 Å². The Balaban J connectivity index is 2.61. The SMILES string of the molecule is COCC(C(=O)NN)N1CCN(C)C(C)C1. The molecule has 1 aliphatic rings. The molecule has 0 aliphatic carbocycles. The number of methoxy groups -OCH3 is 1. The van der Waals surface area contributed by atoms with E-state index < -0.39 is 0 Å². The number of nitrogens with zero attached hydrogens (tertiary/aromatic N) is 2. The van der Waals surface area contributed by atoms with Gasteiger partial charge in [0.15, 0.2) is 0 Å². The van der Waals surface area contributed by atoms with Crippen molar-refractivity contribution in [2.24, 2.45) is 5.84 Å². The highest BCUT2D eigenvalue weighted by Gasteiger charge is 2.30. The van der Waals surface area contributed by atoms with Crippen LogP contribution in [0.1, 0.15) is 6.92 Å². The summed E-state index contributed by atoms with van der Waals surface area (Å²) in [4.78, 5) is 16.0. The van der Waals surface area contributed by atoms with Gasteiger partial charge < -0.3 is 9.64 Å². The zero-order valence-corrected chi connectivity index (χ0v) is 10.3. The summed E-state index contributed by atoms with van der Waals surface area (Å²) in [5.74, 6) is 5.00. The average molecular weight is 230 g/mol. The van der Waals surface area contributed by atoms with Gasteiger partial charge >= 0.3 is 0 Å². The number of nitrogens with one attached hydrogen (secondary N) is 1. The van der Waals surface area contributed by atoms with E-state index in [1.807, 2.05) is 0 Å². The molecule has 1 amide bonds. The molecule has 0 radical (unpaired) electrons. The second-order valence-electron chi connectivity index (χ2n) is 4.30. The number of hydrazine groups is 1. The lowest BCUT2D eigenvalue weighted by Crippen LogP contribution is -2.59. The standard InChI is InChI=1S/C10H22N4O2/c1-8-6-14(5-4-13(8)2)9(7-16-3)10(15)12-11/h8-9H,4-7,11H2,1-3H3,(H,12,15). The third kappa shape index (κ3) is 3.15. The van der Waals surface area contributed by atoms with Gasteiger partial charge in [-0.25, -0.2) is 5.84 Å². The summed E-state index contributed by atoms with van der Waals surface area (Å²) in [6, 6.07) is 0.157. The van der Waals surface area contributed by atoms with Crippen molar-refractivity contribution >= 4 is 5.91 Å². The number of ether oxygens (including phenoxy) is 1. The number of hydrogen-bond acceptors (Lipinski definition) is 5. The summed E-state index contributed by atoms with van der Waals surface area (Å²) < 4.78 is 5.07. The Morgan fingerprint density at radius 1 is 1.62 bits per heavy atom. The number of amides is 1. The molecule has 3 N–H and O–H groups in total. The number of rotatable bonds is 4. The van der Waals surface area contributed by atoms with Crippen LogP contribution in [0.15, 0.2) is 0 Å². The van der Waals surface area contributed by atoms with E-state index in [0.717, 1.165) is 19.6 Å². The van der Waals surface area contributed by atoms with E-state index in [1.165, 1.54) is 0 Å². The molecule has 94 valence electrons. The molecule has 0 aromatic heterocycles. The fraction of sp³-hybridized carbons (Fsp3) is 0.900. The van der Waals surface area contributed by atoms with Crippen molar-refractivity contribution in [1.82, 2.24) is 15.2 Å². The van der Waals surface area contributed by atoms with Crippen molar-refractivity contribution in [3.8, 4) is 0 Å². The number of carbonyl (C=O) groups excluding carboxylic acids is 1. The highest BCUT2D eigenvalue weighted by atomic mass is 16.5. The molecule has 2 unspecified atom stereocenters. The Hall–Kier alpha value is -0.690. The Kier molecular flexibility index (Phi) is 5.14. The Morgan fingerprint density at radius 3 is 2.81 bits per heavy atom. The van der Waals surface area contributed by atoms with E-state index in [0.29, 0.717) is 12.6 Å². The van der Waals surface area contributed by atoms with Crippen LogP contribution in [0.25, 0.3) is 0 Å². The minimum atomic E-state index is -0.286. The van der Waals surface area contributed by atoms with Crippen LogP contribution in [0.4, 0.5) is 0 Å². The molecule has 0 bridgehead atoms. The zero-order valence-electron chi connectivity index (χ0n) is 10.3. The third-order valence-corrected chi connectivity index (χ3v) is 3.20. The smallest absolute Gasteiger partial charge is 0.253 e. The zero-order chi connectivity index (χ0) is 12.1. The van der Waals surface area contributed by atoms with Crippen molar-refractivity contribution in [3.63, 3.8) is 0 Å². The van der Waals surface area contributed by atoms with E-state index in [1.54, 1.807) is 7.11 Å². The monoisotopic (exact) mass is 230 g/mol. The summed E-state index contributed by atoms with van der Waals surface area (Å²) >= 11 is 0. The topological polar surface area (TPSA) is 70.8 Å². The number of likely N-dealkylation sites (N-methyl/N-ethyl adjacent to an activating group) is 1. The van der Waals surface area contributed by atoms with E-state index in [2.05, 4.69) is 29.2 Å². The number of nitrogens with two attached hydrogens (primary N) is 1. The predicted molar refractivity (Wildman–Crippen MR) is 61.7 cm³/mol. The predicted octanol–water partition coefficient (Wildman–Crippen LogP) is -1.37. The van der Waals surface area contributed by atoms with Gasteiger partial charge in [-0.1, -0.05) is 0 Å². The van der Waals surface area contributed by atoms with Gasteiger partial charge in [0.05, 0.1) is 6.61 Å². The van der Waals surface area contributed by atoms with Crippen LogP contribution in [-0.4, -0.2) is 68.2 Å². The van der Waals surface area contributed by atoms with Crippen LogP contribution in [-0.2, 0) is 9.53 Å². The molecule has 2 atom stereocenters. The minimum Gasteiger partial charge on any atom is -0.383 e. The summed E-state index contributed by atoms with van der Waals surface area (Å²) in [7, 11) is 3.69. The van der Waals surface area contributed by atoms with Crippen molar-refractivity contribution < 1.29 is 9.53 Å². The van der Waals surface area contributed by atoms with Crippen LogP contribution in [0.3, 0.4) is 0 Å². The average Bonchev–Trinajstić information content (AvgIpc) is 2.29. The largest absolute Gasteiger partial charge is 0.383 e. The minimum absolute atomic E-state index is 0.182. The maximum Gasteiger partial charge on any atom is 0.253 e. The molecule has 0 saturated carbocycles. The van der Waals surface area contributed by atoms with Gasteiger partial charge in [0, 0.05) is 32.8 Å². The van der Waals surface area contributed by atoms with Gasteiger partial charge in [-0.15, -0.1) is 0 Å². The highest BCUT2D eigenvalue weighted by Crippen LogP contribution is 2.11. The van der Waals surface area contributed by atoms with Gasteiger partial charge in [0.25, 0.3) is 5.91 Å². The van der Waals surface area contributed by atoms with Crippen LogP contribution in [0.2, 0.25) is 0 Å². The Morgan fingerprint density at radius 2 is 2.31 bits per heavy atom. The molecular formula is C10H22N4O2. The van der Waals surface area contributed by atoms with Gasteiger partial charge in [0.1, 0.15) is 6.04 Å². The molecule has 1 heterocycles. The molecule has 0 spiro atoms. The van der Waals surface area contributed by atoms with Gasteiger partial charge in [0.2, 0.25) is 0 Å². The first-order chi connectivity index (χ1) is 7.60. The fourth-order valence-electron chi connectivity index (χ4n) is 1.96. The molecule has 1 rings (SSSR count). The molecule has 6 heteroatoms. The maximum absolute atomic E-state index is 11.6. The van der Waals surface area contributed by atoms with E-state index in [4.69, 9.17) is 10.6 Å². The van der Waals surface area contributed by atoms with E-state index in [9.17, 15) is 4.79 Å². The quantitative estimate of drug-likeness (QED) is 0.354. The number of piperazine rings is 1. The first-order valence-electron chi connectivity index (χ1n) is 5.53. The van der Waals surface area contributed by atoms with Gasteiger partial charge in [-0.2, -0.15) is 0 Å². The van der Waals surface area contributed by atoms with E-state index in [-0.39, 0.29) is 11.9 Å². The fourth-order valence-corrected chi connectivity index (χ4v) is 1.96. The summed E-state index contributed by atoms with van der Waals surface area (Å²) in [5.41, 5.74) is 2.20. The van der Waals surface area contributed by atoms with Crippen molar-refractivity contribution in [1.29, 1.82) is 0 Å².